The van der Waals surface area contributed by atoms with Gasteiger partial charge in [-0.05, 0) is 41.0 Å². The third kappa shape index (κ3) is 3.21. The number of pyridine rings is 1. The van der Waals surface area contributed by atoms with E-state index in [1.807, 2.05) is 41.1 Å². The molecule has 3 heterocycles. The molecule has 0 bridgehead atoms. The van der Waals surface area contributed by atoms with Gasteiger partial charge >= 0.3 is 0 Å². The van der Waals surface area contributed by atoms with Crippen LogP contribution in [0.25, 0.3) is 5.82 Å². The lowest BCUT2D eigenvalue weighted by Crippen LogP contribution is -2.20. The molecule has 1 saturated carbocycles. The number of aromatic nitrogens is 8. The highest BCUT2D eigenvalue weighted by atomic mass is 15.5. The van der Waals surface area contributed by atoms with Gasteiger partial charge in [-0.1, -0.05) is 36.4 Å². The average molecular weight is 358 g/mol. The lowest BCUT2D eigenvalue weighted by molar-refractivity contribution is 0.469. The Labute approximate surface area is 155 Å². The average Bonchev–Trinajstić information content (AvgIpc) is 3.26. The number of rotatable bonds is 6. The van der Waals surface area contributed by atoms with Gasteiger partial charge in [0.25, 0.3) is 0 Å². The summed E-state index contributed by atoms with van der Waals surface area (Å²) in [5.74, 6) is 2.87. The van der Waals surface area contributed by atoms with Crippen LogP contribution in [0.15, 0.2) is 61.1 Å². The molecule has 1 unspecified atom stereocenters. The van der Waals surface area contributed by atoms with Gasteiger partial charge in [-0.25, -0.2) is 14.6 Å². The molecule has 0 N–H and O–H groups in total. The van der Waals surface area contributed by atoms with Crippen LogP contribution >= 0.6 is 0 Å². The van der Waals surface area contributed by atoms with Gasteiger partial charge in [-0.2, -0.15) is 4.68 Å². The van der Waals surface area contributed by atoms with Crippen LogP contribution in [0.2, 0.25) is 0 Å². The van der Waals surface area contributed by atoms with Gasteiger partial charge in [0.05, 0.1) is 0 Å². The van der Waals surface area contributed by atoms with E-state index in [0.29, 0.717) is 12.3 Å². The fourth-order valence-corrected chi connectivity index (χ4v) is 3.17. The minimum Gasteiger partial charge on any atom is -0.237 e. The molecule has 0 spiro atoms. The molecule has 1 aromatic carbocycles. The largest absolute Gasteiger partial charge is 0.237 e. The molecule has 134 valence electrons. The van der Waals surface area contributed by atoms with Crippen LogP contribution in [0.4, 0.5) is 0 Å². The number of benzene rings is 1. The SMILES string of the molecule is c1ccc(CC(c2nc(C3CC3)nn2-c2ccccn2)n2cnnn2)cc1. The van der Waals surface area contributed by atoms with Gasteiger partial charge in [0.2, 0.25) is 0 Å². The molecular weight excluding hydrogens is 340 g/mol. The normalized spacial score (nSPS) is 15.0. The molecule has 1 aliphatic rings. The second-order valence-electron chi connectivity index (χ2n) is 6.70. The Morgan fingerprint density at radius 2 is 1.89 bits per heavy atom. The first kappa shape index (κ1) is 15.8. The van der Waals surface area contributed by atoms with Crippen LogP contribution in [-0.4, -0.2) is 40.0 Å². The van der Waals surface area contributed by atoms with Crippen LogP contribution in [0.3, 0.4) is 0 Å². The summed E-state index contributed by atoms with van der Waals surface area (Å²) in [6.07, 6.45) is 6.38. The van der Waals surface area contributed by atoms with E-state index >= 15 is 0 Å². The summed E-state index contributed by atoms with van der Waals surface area (Å²) < 4.78 is 3.58. The van der Waals surface area contributed by atoms with E-state index in [2.05, 4.69) is 32.6 Å². The molecule has 0 saturated heterocycles. The van der Waals surface area contributed by atoms with E-state index < -0.39 is 0 Å². The van der Waals surface area contributed by atoms with E-state index in [9.17, 15) is 0 Å². The van der Waals surface area contributed by atoms with Gasteiger partial charge in [-0.15, -0.1) is 10.2 Å². The fraction of sp³-hybridized carbons (Fsp3) is 0.263. The second kappa shape index (κ2) is 6.71. The van der Waals surface area contributed by atoms with Crippen molar-refractivity contribution in [1.82, 2.24) is 40.0 Å². The first-order chi connectivity index (χ1) is 13.4. The number of hydrogen-bond donors (Lipinski definition) is 0. The van der Waals surface area contributed by atoms with E-state index in [-0.39, 0.29) is 6.04 Å². The Bertz CT molecular complexity index is 1010. The van der Waals surface area contributed by atoms with Crippen molar-refractivity contribution in [3.05, 3.63) is 78.3 Å². The minimum atomic E-state index is -0.176. The lowest BCUT2D eigenvalue weighted by atomic mass is 10.1. The predicted octanol–water partition coefficient (Wildman–Crippen LogP) is 2.36. The van der Waals surface area contributed by atoms with Gasteiger partial charge in [-0.3, -0.25) is 0 Å². The summed E-state index contributed by atoms with van der Waals surface area (Å²) in [7, 11) is 0. The second-order valence-corrected chi connectivity index (χ2v) is 6.70. The fourth-order valence-electron chi connectivity index (χ4n) is 3.17. The Morgan fingerprint density at radius 3 is 2.59 bits per heavy atom. The maximum Gasteiger partial charge on any atom is 0.159 e. The van der Waals surface area contributed by atoms with Crippen LogP contribution < -0.4 is 0 Å². The lowest BCUT2D eigenvalue weighted by Gasteiger charge is -2.16. The minimum absolute atomic E-state index is 0.176. The highest BCUT2D eigenvalue weighted by Gasteiger charge is 2.32. The van der Waals surface area contributed by atoms with Crippen molar-refractivity contribution in [2.75, 3.05) is 0 Å². The molecule has 1 fully saturated rings. The number of hydrogen-bond acceptors (Lipinski definition) is 6. The van der Waals surface area contributed by atoms with E-state index in [1.165, 1.54) is 5.56 Å². The van der Waals surface area contributed by atoms with Crippen LogP contribution in [0, 0.1) is 0 Å². The van der Waals surface area contributed by atoms with Crippen LogP contribution in [0.1, 0.15) is 42.0 Å². The maximum atomic E-state index is 4.90. The highest BCUT2D eigenvalue weighted by molar-refractivity contribution is 5.26. The zero-order valence-electron chi connectivity index (χ0n) is 14.6. The molecule has 5 rings (SSSR count). The van der Waals surface area contributed by atoms with Crippen LogP contribution in [-0.2, 0) is 6.42 Å². The summed E-state index contributed by atoms with van der Waals surface area (Å²) in [6.45, 7) is 0. The Hall–Kier alpha value is -3.42. The Kier molecular flexibility index (Phi) is 3.93. The van der Waals surface area contributed by atoms with E-state index in [0.717, 1.165) is 30.3 Å². The zero-order valence-corrected chi connectivity index (χ0v) is 14.6. The number of tetrazole rings is 1. The van der Waals surface area contributed by atoms with Crippen molar-refractivity contribution in [3.8, 4) is 5.82 Å². The van der Waals surface area contributed by atoms with Crippen molar-refractivity contribution in [2.24, 2.45) is 0 Å². The summed E-state index contributed by atoms with van der Waals surface area (Å²) >= 11 is 0. The molecular formula is C19H18N8. The molecule has 8 nitrogen and oxygen atoms in total. The van der Waals surface area contributed by atoms with Gasteiger partial charge in [0, 0.05) is 18.5 Å². The first-order valence-corrected chi connectivity index (χ1v) is 9.03. The van der Waals surface area contributed by atoms with E-state index in [1.54, 1.807) is 17.2 Å². The first-order valence-electron chi connectivity index (χ1n) is 9.03. The maximum absolute atomic E-state index is 4.90. The van der Waals surface area contributed by atoms with Crippen molar-refractivity contribution >= 4 is 0 Å². The number of nitrogens with zero attached hydrogens (tertiary/aromatic N) is 8. The summed E-state index contributed by atoms with van der Waals surface area (Å²) in [6, 6.07) is 15.9. The molecule has 1 atom stereocenters. The van der Waals surface area contributed by atoms with Crippen LogP contribution in [0.5, 0.6) is 0 Å². The van der Waals surface area contributed by atoms with Crippen molar-refractivity contribution in [2.45, 2.75) is 31.2 Å². The highest BCUT2D eigenvalue weighted by Crippen LogP contribution is 2.39. The van der Waals surface area contributed by atoms with Gasteiger partial charge < -0.3 is 0 Å². The molecule has 4 aromatic rings. The molecule has 1 aliphatic carbocycles. The van der Waals surface area contributed by atoms with Gasteiger partial charge in [0.1, 0.15) is 12.4 Å². The zero-order chi connectivity index (χ0) is 18.1. The third-order valence-electron chi connectivity index (χ3n) is 4.71. The van der Waals surface area contributed by atoms with Crippen molar-refractivity contribution in [1.29, 1.82) is 0 Å². The topological polar surface area (TPSA) is 87.2 Å². The molecule has 0 aliphatic heterocycles. The predicted molar refractivity (Wildman–Crippen MR) is 97.2 cm³/mol. The standard InChI is InChI=1S/C19H18N8/c1-2-6-14(7-3-1)12-16(26-13-21-24-25-26)19-22-18(15-9-10-15)23-27(19)17-8-4-5-11-20-17/h1-8,11,13,15-16H,9-10,12H2. The Balaban J connectivity index is 1.62. The smallest absolute Gasteiger partial charge is 0.159 e. The molecule has 3 aromatic heterocycles. The molecule has 0 radical (unpaired) electrons. The monoisotopic (exact) mass is 358 g/mol. The third-order valence-corrected chi connectivity index (χ3v) is 4.71. The quantitative estimate of drug-likeness (QED) is 0.526. The summed E-state index contributed by atoms with van der Waals surface area (Å²) in [5.41, 5.74) is 1.18. The molecule has 8 heteroatoms. The van der Waals surface area contributed by atoms with Crippen molar-refractivity contribution in [3.63, 3.8) is 0 Å². The summed E-state index contributed by atoms with van der Waals surface area (Å²) in [5, 5.41) is 16.6. The molecule has 0 amide bonds. The van der Waals surface area contributed by atoms with Crippen molar-refractivity contribution < 1.29 is 0 Å². The van der Waals surface area contributed by atoms with Gasteiger partial charge in [0.15, 0.2) is 17.5 Å². The summed E-state index contributed by atoms with van der Waals surface area (Å²) in [4.78, 5) is 9.37. The van der Waals surface area contributed by atoms with E-state index in [4.69, 9.17) is 10.1 Å². The Morgan fingerprint density at radius 1 is 1.04 bits per heavy atom. The molecule has 27 heavy (non-hydrogen) atoms.